The first-order valence-corrected chi connectivity index (χ1v) is 7.65. The monoisotopic (exact) mass is 251 g/mol. The molecule has 0 N–H and O–H groups in total. The average molecular weight is 251 g/mol. The van der Waals surface area contributed by atoms with Crippen LogP contribution in [0.4, 0.5) is 0 Å². The van der Waals surface area contributed by atoms with Crippen LogP contribution in [0.3, 0.4) is 0 Å². The maximum atomic E-state index is 10.8. The van der Waals surface area contributed by atoms with E-state index in [0.717, 1.165) is 19.1 Å². The molecule has 2 nitrogen and oxygen atoms in total. The van der Waals surface area contributed by atoms with Crippen LogP contribution in [0.5, 0.6) is 0 Å². The van der Waals surface area contributed by atoms with E-state index in [1.807, 2.05) is 0 Å². The van der Waals surface area contributed by atoms with Gasteiger partial charge in [0.25, 0.3) is 0 Å². The van der Waals surface area contributed by atoms with Crippen molar-refractivity contribution in [1.29, 1.82) is 0 Å². The first-order valence-electron chi connectivity index (χ1n) is 6.84. The van der Waals surface area contributed by atoms with Crippen molar-refractivity contribution in [2.75, 3.05) is 0 Å². The van der Waals surface area contributed by atoms with E-state index in [2.05, 4.69) is 4.98 Å². The molecule has 0 saturated heterocycles. The Morgan fingerprint density at radius 1 is 0.882 bits per heavy atom. The highest BCUT2D eigenvalue weighted by molar-refractivity contribution is 7.13. The number of rotatable bonds is 1. The molecule has 1 aliphatic rings. The zero-order valence-electron chi connectivity index (χ0n) is 10.4. The van der Waals surface area contributed by atoms with E-state index in [4.69, 9.17) is 0 Å². The van der Waals surface area contributed by atoms with Crippen LogP contribution in [0.15, 0.2) is 0 Å². The van der Waals surface area contributed by atoms with Crippen LogP contribution in [0.1, 0.15) is 71.7 Å². The molecule has 0 spiro atoms. The lowest BCUT2D eigenvalue weighted by atomic mass is 10.0. The lowest BCUT2D eigenvalue weighted by Crippen LogP contribution is -1.94. The fraction of sp³-hybridized carbons (Fsp3) is 0.714. The van der Waals surface area contributed by atoms with E-state index in [-0.39, 0.29) is 0 Å². The summed E-state index contributed by atoms with van der Waals surface area (Å²) in [7, 11) is 0. The number of thiazole rings is 1. The molecule has 1 aromatic heterocycles. The molecule has 0 atom stereocenters. The highest BCUT2D eigenvalue weighted by atomic mass is 32.1. The zero-order valence-corrected chi connectivity index (χ0v) is 11.2. The third-order valence-corrected chi connectivity index (χ3v) is 4.55. The second-order valence-electron chi connectivity index (χ2n) is 4.87. The van der Waals surface area contributed by atoms with Crippen molar-refractivity contribution in [3.8, 4) is 0 Å². The van der Waals surface area contributed by atoms with Gasteiger partial charge in [0.1, 0.15) is 0 Å². The zero-order chi connectivity index (χ0) is 11.9. The van der Waals surface area contributed by atoms with Crippen molar-refractivity contribution in [2.24, 2.45) is 0 Å². The normalized spacial score (nSPS) is 18.8. The standard InChI is InChI=1S/C14H21NOS/c16-11-14-15-12-9-7-5-3-1-2-4-6-8-10-13(12)17-14/h11H,1-10H2. The maximum absolute atomic E-state index is 10.8. The average Bonchev–Trinajstić information content (AvgIpc) is 2.72. The minimum Gasteiger partial charge on any atom is -0.295 e. The quantitative estimate of drug-likeness (QED) is 0.701. The number of aromatic nitrogens is 1. The molecule has 0 radical (unpaired) electrons. The number of carbonyl (C=O) groups excluding carboxylic acids is 1. The Balaban J connectivity index is 2.03. The van der Waals surface area contributed by atoms with E-state index in [1.54, 1.807) is 11.3 Å². The first kappa shape index (κ1) is 12.7. The predicted molar refractivity (Wildman–Crippen MR) is 71.8 cm³/mol. The van der Waals surface area contributed by atoms with E-state index in [1.165, 1.54) is 61.9 Å². The third-order valence-electron chi connectivity index (χ3n) is 3.46. The molecule has 17 heavy (non-hydrogen) atoms. The number of nitrogens with zero attached hydrogens (tertiary/aromatic N) is 1. The molecule has 0 aromatic carbocycles. The highest BCUT2D eigenvalue weighted by Crippen LogP contribution is 2.23. The maximum Gasteiger partial charge on any atom is 0.178 e. The topological polar surface area (TPSA) is 30.0 Å². The van der Waals surface area contributed by atoms with Gasteiger partial charge >= 0.3 is 0 Å². The molecule has 0 aliphatic heterocycles. The number of fused-ring (bicyclic) bond motifs is 1. The number of aryl methyl sites for hydroxylation is 2. The van der Waals surface area contributed by atoms with Crippen LogP contribution in [0, 0.1) is 0 Å². The Morgan fingerprint density at radius 3 is 2.12 bits per heavy atom. The van der Waals surface area contributed by atoms with Gasteiger partial charge in [-0.1, -0.05) is 38.5 Å². The van der Waals surface area contributed by atoms with Crippen LogP contribution in [-0.2, 0) is 12.8 Å². The van der Waals surface area contributed by atoms with Crippen molar-refractivity contribution in [1.82, 2.24) is 4.98 Å². The van der Waals surface area contributed by atoms with Gasteiger partial charge in [0.2, 0.25) is 0 Å². The van der Waals surface area contributed by atoms with Crippen molar-refractivity contribution in [2.45, 2.75) is 64.2 Å². The molecule has 1 aliphatic carbocycles. The van der Waals surface area contributed by atoms with Gasteiger partial charge in [-0.15, -0.1) is 11.3 Å². The second kappa shape index (κ2) is 6.90. The van der Waals surface area contributed by atoms with Crippen LogP contribution in [-0.4, -0.2) is 11.3 Å². The molecular weight excluding hydrogens is 230 g/mol. The fourth-order valence-corrected chi connectivity index (χ4v) is 3.45. The molecular formula is C14H21NOS. The Labute approximate surface area is 107 Å². The molecule has 94 valence electrons. The van der Waals surface area contributed by atoms with Gasteiger partial charge in [-0.25, -0.2) is 4.98 Å². The minimum absolute atomic E-state index is 0.671. The lowest BCUT2D eigenvalue weighted by Gasteiger charge is -2.06. The Kier molecular flexibility index (Phi) is 5.17. The van der Waals surface area contributed by atoms with Crippen LogP contribution < -0.4 is 0 Å². The highest BCUT2D eigenvalue weighted by Gasteiger charge is 2.10. The van der Waals surface area contributed by atoms with Crippen LogP contribution in [0.2, 0.25) is 0 Å². The van der Waals surface area contributed by atoms with Crippen molar-refractivity contribution in [3.63, 3.8) is 0 Å². The molecule has 0 saturated carbocycles. The predicted octanol–water partition coefficient (Wildman–Crippen LogP) is 4.18. The van der Waals surface area contributed by atoms with E-state index in [0.29, 0.717) is 5.01 Å². The number of aldehydes is 1. The second-order valence-corrected chi connectivity index (χ2v) is 5.98. The first-order chi connectivity index (χ1) is 8.40. The van der Waals surface area contributed by atoms with Gasteiger partial charge in [0, 0.05) is 4.88 Å². The fourth-order valence-electron chi connectivity index (χ4n) is 2.48. The van der Waals surface area contributed by atoms with Gasteiger partial charge in [-0.05, 0) is 25.7 Å². The van der Waals surface area contributed by atoms with Gasteiger partial charge in [-0.3, -0.25) is 4.79 Å². The van der Waals surface area contributed by atoms with Crippen LogP contribution >= 0.6 is 11.3 Å². The summed E-state index contributed by atoms with van der Waals surface area (Å²) in [6.45, 7) is 0. The Hall–Kier alpha value is -0.700. The summed E-state index contributed by atoms with van der Waals surface area (Å²) in [6, 6.07) is 0. The third kappa shape index (κ3) is 3.91. The van der Waals surface area contributed by atoms with E-state index < -0.39 is 0 Å². The summed E-state index contributed by atoms with van der Waals surface area (Å²) in [5.41, 5.74) is 1.21. The summed E-state index contributed by atoms with van der Waals surface area (Å²) in [5.74, 6) is 0. The van der Waals surface area contributed by atoms with Crippen LogP contribution in [0.25, 0.3) is 0 Å². The van der Waals surface area contributed by atoms with Crippen molar-refractivity contribution in [3.05, 3.63) is 15.6 Å². The number of carbonyl (C=O) groups is 1. The summed E-state index contributed by atoms with van der Waals surface area (Å²) < 4.78 is 0. The van der Waals surface area contributed by atoms with Gasteiger partial charge in [-0.2, -0.15) is 0 Å². The summed E-state index contributed by atoms with van der Waals surface area (Å²) >= 11 is 1.61. The number of hydrogen-bond donors (Lipinski definition) is 0. The van der Waals surface area contributed by atoms with Gasteiger partial charge in [0.05, 0.1) is 5.69 Å². The molecule has 1 heterocycles. The summed E-state index contributed by atoms with van der Waals surface area (Å²) in [4.78, 5) is 16.6. The Morgan fingerprint density at radius 2 is 1.47 bits per heavy atom. The van der Waals surface area contributed by atoms with E-state index >= 15 is 0 Å². The molecule has 0 unspecified atom stereocenters. The minimum atomic E-state index is 0.671. The van der Waals surface area contributed by atoms with E-state index in [9.17, 15) is 4.79 Å². The summed E-state index contributed by atoms with van der Waals surface area (Å²) in [6.07, 6.45) is 13.7. The van der Waals surface area contributed by atoms with Crippen molar-refractivity contribution >= 4 is 17.6 Å². The molecule has 1 aromatic rings. The smallest absolute Gasteiger partial charge is 0.178 e. The molecule has 0 bridgehead atoms. The molecule has 0 fully saturated rings. The number of hydrogen-bond acceptors (Lipinski definition) is 3. The molecule has 0 amide bonds. The van der Waals surface area contributed by atoms with Gasteiger partial charge < -0.3 is 0 Å². The van der Waals surface area contributed by atoms with Crippen molar-refractivity contribution < 1.29 is 4.79 Å². The van der Waals surface area contributed by atoms with Gasteiger partial charge in [0.15, 0.2) is 11.3 Å². The molecule has 2 rings (SSSR count). The summed E-state index contributed by atoms with van der Waals surface area (Å²) in [5, 5.41) is 0.671. The molecule has 3 heteroatoms. The lowest BCUT2D eigenvalue weighted by molar-refractivity contribution is 0.112. The SMILES string of the molecule is O=Cc1nc2c(s1)CCCCCCCCCC2. The Bertz CT molecular complexity index is 330. The largest absolute Gasteiger partial charge is 0.295 e.